The molecule has 5 nitrogen and oxygen atoms in total. The van der Waals surface area contributed by atoms with E-state index in [0.29, 0.717) is 4.90 Å². The minimum absolute atomic E-state index is 0.284. The quantitative estimate of drug-likeness (QED) is 0.712. The summed E-state index contributed by atoms with van der Waals surface area (Å²) in [5.41, 5.74) is 1.58. The summed E-state index contributed by atoms with van der Waals surface area (Å²) in [6.45, 7) is 3.40. The molecule has 0 amide bonds. The lowest BCUT2D eigenvalue weighted by atomic mass is 10.1. The molecule has 26 heavy (non-hydrogen) atoms. The van der Waals surface area contributed by atoms with Crippen LogP contribution in [0.15, 0.2) is 70.6 Å². The van der Waals surface area contributed by atoms with Crippen LogP contribution in [0.5, 0.6) is 0 Å². The van der Waals surface area contributed by atoms with Gasteiger partial charge in [-0.15, -0.1) is 0 Å². The summed E-state index contributed by atoms with van der Waals surface area (Å²) in [6.07, 6.45) is 1.51. The lowest BCUT2D eigenvalue weighted by molar-refractivity contribution is 0.312. The molecule has 0 unspecified atom stereocenters. The number of anilines is 1. The Balaban J connectivity index is 1.94. The summed E-state index contributed by atoms with van der Waals surface area (Å²) >= 11 is 0. The van der Waals surface area contributed by atoms with Gasteiger partial charge < -0.3 is 9.80 Å². The molecule has 2 heterocycles. The molecule has 2 aromatic carbocycles. The first kappa shape index (κ1) is 17.0. The first-order valence-electron chi connectivity index (χ1n) is 8.69. The molecule has 6 heteroatoms. The van der Waals surface area contributed by atoms with E-state index < -0.39 is 9.84 Å². The highest BCUT2D eigenvalue weighted by Gasteiger charge is 2.27. The molecule has 1 aromatic heterocycles. The van der Waals surface area contributed by atoms with Crippen molar-refractivity contribution in [1.82, 2.24) is 9.88 Å². The van der Waals surface area contributed by atoms with Crippen molar-refractivity contribution < 1.29 is 8.42 Å². The van der Waals surface area contributed by atoms with Crippen LogP contribution in [0, 0.1) is 0 Å². The molecular weight excluding hydrogens is 346 g/mol. The van der Waals surface area contributed by atoms with E-state index >= 15 is 0 Å². The lowest BCUT2D eigenvalue weighted by Crippen LogP contribution is -2.45. The molecule has 4 rings (SSSR count). The molecular formula is C20H21N3O2S. The van der Waals surface area contributed by atoms with Gasteiger partial charge in [-0.05, 0) is 25.2 Å². The van der Waals surface area contributed by atoms with Crippen molar-refractivity contribution in [3.63, 3.8) is 0 Å². The SMILES string of the molecule is CN1CCN(c2c(S(=O)(=O)c3ccccc3)cnc3ccccc23)CC1. The minimum Gasteiger partial charge on any atom is -0.367 e. The normalized spacial score (nSPS) is 16.1. The average Bonchev–Trinajstić information content (AvgIpc) is 2.68. The van der Waals surface area contributed by atoms with Crippen LogP contribution < -0.4 is 4.90 Å². The Labute approximate surface area is 153 Å². The number of rotatable bonds is 3. The average molecular weight is 367 g/mol. The number of hydrogen-bond acceptors (Lipinski definition) is 5. The molecule has 1 aliphatic heterocycles. The van der Waals surface area contributed by atoms with Gasteiger partial charge in [0.15, 0.2) is 0 Å². The van der Waals surface area contributed by atoms with E-state index in [1.165, 1.54) is 6.20 Å². The van der Waals surface area contributed by atoms with Gasteiger partial charge >= 0.3 is 0 Å². The fourth-order valence-electron chi connectivity index (χ4n) is 3.39. The van der Waals surface area contributed by atoms with Crippen LogP contribution in [0.1, 0.15) is 0 Å². The van der Waals surface area contributed by atoms with E-state index in [1.54, 1.807) is 24.3 Å². The molecule has 0 bridgehead atoms. The van der Waals surface area contributed by atoms with Gasteiger partial charge in [0.1, 0.15) is 4.90 Å². The number of likely N-dealkylation sites (N-methyl/N-ethyl adjacent to an activating group) is 1. The van der Waals surface area contributed by atoms with Crippen molar-refractivity contribution in [1.29, 1.82) is 0 Å². The number of sulfone groups is 1. The molecule has 1 aliphatic rings. The number of fused-ring (bicyclic) bond motifs is 1. The van der Waals surface area contributed by atoms with Gasteiger partial charge in [0.25, 0.3) is 0 Å². The van der Waals surface area contributed by atoms with E-state index in [2.05, 4.69) is 21.8 Å². The van der Waals surface area contributed by atoms with Crippen LogP contribution in [0.4, 0.5) is 5.69 Å². The van der Waals surface area contributed by atoms with Crippen LogP contribution in [0.3, 0.4) is 0 Å². The molecule has 1 saturated heterocycles. The second-order valence-electron chi connectivity index (χ2n) is 6.60. The summed E-state index contributed by atoms with van der Waals surface area (Å²) in [5.74, 6) is 0. The monoisotopic (exact) mass is 367 g/mol. The number of benzene rings is 2. The van der Waals surface area contributed by atoms with Crippen molar-refractivity contribution in [3.05, 3.63) is 60.8 Å². The first-order valence-corrected chi connectivity index (χ1v) is 10.2. The molecule has 0 atom stereocenters. The topological polar surface area (TPSA) is 53.5 Å². The van der Waals surface area contributed by atoms with E-state index in [4.69, 9.17) is 0 Å². The smallest absolute Gasteiger partial charge is 0.210 e. The fraction of sp³-hybridized carbons (Fsp3) is 0.250. The summed E-state index contributed by atoms with van der Waals surface area (Å²) in [4.78, 5) is 9.45. The zero-order valence-corrected chi connectivity index (χ0v) is 15.5. The molecule has 0 aliphatic carbocycles. The van der Waals surface area contributed by atoms with E-state index in [1.807, 2.05) is 30.3 Å². The number of hydrogen-bond donors (Lipinski definition) is 0. The Hall–Kier alpha value is -2.44. The Morgan fingerprint density at radius 3 is 2.27 bits per heavy atom. The van der Waals surface area contributed by atoms with Crippen molar-refractivity contribution in [3.8, 4) is 0 Å². The van der Waals surface area contributed by atoms with Gasteiger partial charge in [0.05, 0.1) is 16.1 Å². The third kappa shape index (κ3) is 2.95. The third-order valence-electron chi connectivity index (χ3n) is 4.88. The maximum absolute atomic E-state index is 13.3. The standard InChI is InChI=1S/C20H21N3O2S/c1-22-11-13-23(14-12-22)20-17-9-5-6-10-18(17)21-15-19(20)26(24,25)16-7-3-2-4-8-16/h2-10,15H,11-14H2,1H3. The van der Waals surface area contributed by atoms with Gasteiger partial charge in [-0.25, -0.2) is 8.42 Å². The lowest BCUT2D eigenvalue weighted by Gasteiger charge is -2.35. The maximum atomic E-state index is 13.3. The molecule has 134 valence electrons. The molecule has 0 radical (unpaired) electrons. The van der Waals surface area contributed by atoms with Gasteiger partial charge in [-0.2, -0.15) is 0 Å². The first-order chi connectivity index (χ1) is 12.6. The van der Waals surface area contributed by atoms with Crippen molar-refractivity contribution in [2.45, 2.75) is 9.79 Å². The number of para-hydroxylation sites is 1. The van der Waals surface area contributed by atoms with Gasteiger partial charge in [-0.3, -0.25) is 4.98 Å². The van der Waals surface area contributed by atoms with Crippen LogP contribution >= 0.6 is 0 Å². The summed E-state index contributed by atoms with van der Waals surface area (Å²) in [5, 5.41) is 0.883. The Morgan fingerprint density at radius 1 is 0.885 bits per heavy atom. The van der Waals surface area contributed by atoms with Crippen molar-refractivity contribution in [2.24, 2.45) is 0 Å². The van der Waals surface area contributed by atoms with Gasteiger partial charge in [0, 0.05) is 37.8 Å². The van der Waals surface area contributed by atoms with Crippen molar-refractivity contribution in [2.75, 3.05) is 38.1 Å². The highest BCUT2D eigenvalue weighted by molar-refractivity contribution is 7.91. The number of pyridine rings is 1. The highest BCUT2D eigenvalue weighted by Crippen LogP contribution is 2.36. The fourth-order valence-corrected chi connectivity index (χ4v) is 4.84. The zero-order valence-electron chi connectivity index (χ0n) is 14.7. The second-order valence-corrected chi connectivity index (χ2v) is 8.51. The number of nitrogens with zero attached hydrogens (tertiary/aromatic N) is 3. The predicted molar refractivity (Wildman–Crippen MR) is 103 cm³/mol. The molecule has 0 N–H and O–H groups in total. The zero-order chi connectivity index (χ0) is 18.1. The molecule has 0 saturated carbocycles. The van der Waals surface area contributed by atoms with E-state index in [0.717, 1.165) is 42.8 Å². The largest absolute Gasteiger partial charge is 0.367 e. The summed E-state index contributed by atoms with van der Waals surface area (Å²) in [6, 6.07) is 16.3. The predicted octanol–water partition coefficient (Wildman–Crippen LogP) is 2.82. The Kier molecular flexibility index (Phi) is 4.38. The van der Waals surface area contributed by atoms with Crippen LogP contribution in [0.25, 0.3) is 10.9 Å². The second kappa shape index (κ2) is 6.70. The number of aromatic nitrogens is 1. The minimum atomic E-state index is -3.64. The molecule has 1 fully saturated rings. The van der Waals surface area contributed by atoms with E-state index in [9.17, 15) is 8.42 Å². The number of piperazine rings is 1. The maximum Gasteiger partial charge on any atom is 0.210 e. The molecule has 3 aromatic rings. The highest BCUT2D eigenvalue weighted by atomic mass is 32.2. The Bertz CT molecular complexity index is 1030. The summed E-state index contributed by atoms with van der Waals surface area (Å²) < 4.78 is 26.7. The van der Waals surface area contributed by atoms with Gasteiger partial charge in [-0.1, -0.05) is 36.4 Å². The van der Waals surface area contributed by atoms with E-state index in [-0.39, 0.29) is 4.90 Å². The molecule has 0 spiro atoms. The summed E-state index contributed by atoms with van der Waals surface area (Å²) in [7, 11) is -1.55. The third-order valence-corrected chi connectivity index (χ3v) is 6.65. The van der Waals surface area contributed by atoms with Crippen LogP contribution in [-0.2, 0) is 9.84 Å². The van der Waals surface area contributed by atoms with Crippen LogP contribution in [-0.4, -0.2) is 51.5 Å². The Morgan fingerprint density at radius 2 is 1.54 bits per heavy atom. The van der Waals surface area contributed by atoms with Crippen LogP contribution in [0.2, 0.25) is 0 Å². The van der Waals surface area contributed by atoms with Crippen molar-refractivity contribution >= 4 is 26.4 Å². The van der Waals surface area contributed by atoms with Gasteiger partial charge in [0.2, 0.25) is 9.84 Å².